The maximum atomic E-state index is 4.62. The lowest BCUT2D eigenvalue weighted by molar-refractivity contribution is 0.813. The molecule has 0 spiro atoms. The molecule has 0 aliphatic rings. The lowest BCUT2D eigenvalue weighted by Gasteiger charge is -2.09. The van der Waals surface area contributed by atoms with E-state index in [2.05, 4.69) is 41.0 Å². The number of hydrogen-bond acceptors (Lipinski definition) is 3. The van der Waals surface area contributed by atoms with Gasteiger partial charge in [0.05, 0.1) is 10.7 Å². The summed E-state index contributed by atoms with van der Waals surface area (Å²) in [6.07, 6.45) is 3.75. The molecule has 0 saturated heterocycles. The van der Waals surface area contributed by atoms with Crippen molar-refractivity contribution < 1.29 is 0 Å². The van der Waals surface area contributed by atoms with Gasteiger partial charge >= 0.3 is 0 Å². The zero-order valence-electron chi connectivity index (χ0n) is 11.4. The van der Waals surface area contributed by atoms with E-state index in [1.54, 1.807) is 18.4 Å². The fourth-order valence-electron chi connectivity index (χ4n) is 1.60. The molecule has 2 N–H and O–H groups in total. The number of hydrogen-bond donors (Lipinski definition) is 2. The van der Waals surface area contributed by atoms with E-state index in [0.717, 1.165) is 31.9 Å². The SMILES string of the molecule is C=CCNC(=NC)NCCc1nc(CC)c(C)s1. The summed E-state index contributed by atoms with van der Waals surface area (Å²) >= 11 is 1.79. The summed E-state index contributed by atoms with van der Waals surface area (Å²) in [7, 11) is 1.77. The molecule has 0 bridgehead atoms. The molecule has 1 aromatic heterocycles. The number of rotatable bonds is 6. The monoisotopic (exact) mass is 266 g/mol. The van der Waals surface area contributed by atoms with Gasteiger partial charge in [0.15, 0.2) is 5.96 Å². The van der Waals surface area contributed by atoms with Gasteiger partial charge in [0.2, 0.25) is 0 Å². The van der Waals surface area contributed by atoms with E-state index in [-0.39, 0.29) is 0 Å². The molecular formula is C13H22N4S. The lowest BCUT2D eigenvalue weighted by atomic mass is 10.3. The molecule has 0 aliphatic heterocycles. The Balaban J connectivity index is 2.38. The van der Waals surface area contributed by atoms with Gasteiger partial charge in [0.25, 0.3) is 0 Å². The summed E-state index contributed by atoms with van der Waals surface area (Å²) in [5.74, 6) is 0.805. The van der Waals surface area contributed by atoms with Crippen molar-refractivity contribution in [3.05, 3.63) is 28.2 Å². The fourth-order valence-corrected chi connectivity index (χ4v) is 2.62. The molecule has 0 aliphatic carbocycles. The molecule has 0 fully saturated rings. The highest BCUT2D eigenvalue weighted by molar-refractivity contribution is 7.11. The molecule has 0 unspecified atom stereocenters. The van der Waals surface area contributed by atoms with Crippen molar-refractivity contribution in [1.82, 2.24) is 15.6 Å². The number of nitrogens with zero attached hydrogens (tertiary/aromatic N) is 2. The van der Waals surface area contributed by atoms with Crippen LogP contribution in [0.5, 0.6) is 0 Å². The van der Waals surface area contributed by atoms with Gasteiger partial charge in [-0.2, -0.15) is 0 Å². The molecule has 0 saturated carbocycles. The molecule has 100 valence electrons. The molecular weight excluding hydrogens is 244 g/mol. The van der Waals surface area contributed by atoms with Crippen LogP contribution in [0, 0.1) is 6.92 Å². The van der Waals surface area contributed by atoms with E-state index in [0.29, 0.717) is 0 Å². The van der Waals surface area contributed by atoms with Gasteiger partial charge in [-0.05, 0) is 13.3 Å². The number of aliphatic imine (C=N–C) groups is 1. The minimum Gasteiger partial charge on any atom is -0.356 e. The van der Waals surface area contributed by atoms with Crippen LogP contribution >= 0.6 is 11.3 Å². The largest absolute Gasteiger partial charge is 0.356 e. The minimum absolute atomic E-state index is 0.718. The van der Waals surface area contributed by atoms with Crippen LogP contribution in [0.4, 0.5) is 0 Å². The molecule has 5 heteroatoms. The third kappa shape index (κ3) is 4.49. The maximum absolute atomic E-state index is 4.62. The topological polar surface area (TPSA) is 49.3 Å². The quantitative estimate of drug-likeness (QED) is 0.470. The first-order valence-electron chi connectivity index (χ1n) is 6.21. The van der Waals surface area contributed by atoms with Crippen molar-refractivity contribution in [1.29, 1.82) is 0 Å². The molecule has 1 heterocycles. The van der Waals surface area contributed by atoms with Gasteiger partial charge in [0, 0.05) is 31.4 Å². The number of guanidine groups is 1. The number of aryl methyl sites for hydroxylation is 2. The van der Waals surface area contributed by atoms with E-state index >= 15 is 0 Å². The second kappa shape index (κ2) is 7.87. The van der Waals surface area contributed by atoms with E-state index in [4.69, 9.17) is 0 Å². The molecule has 1 rings (SSSR count). The Morgan fingerprint density at radius 3 is 2.83 bits per heavy atom. The third-order valence-electron chi connectivity index (χ3n) is 2.54. The fraction of sp³-hybridized carbons (Fsp3) is 0.538. The van der Waals surface area contributed by atoms with Crippen LogP contribution in [-0.2, 0) is 12.8 Å². The first-order valence-corrected chi connectivity index (χ1v) is 7.03. The number of thiazole rings is 1. The first-order chi connectivity index (χ1) is 8.71. The van der Waals surface area contributed by atoms with Gasteiger partial charge in [-0.3, -0.25) is 4.99 Å². The van der Waals surface area contributed by atoms with E-state index in [1.165, 1.54) is 15.6 Å². The summed E-state index contributed by atoms with van der Waals surface area (Å²) in [5.41, 5.74) is 1.23. The first kappa shape index (κ1) is 14.7. The molecule has 0 atom stereocenters. The minimum atomic E-state index is 0.718. The van der Waals surface area contributed by atoms with Crippen molar-refractivity contribution in [3.8, 4) is 0 Å². The standard InChI is InChI=1S/C13H22N4S/c1-5-8-15-13(14-4)16-9-7-12-17-11(6-2)10(3)18-12/h5H,1,6-9H2,2-4H3,(H2,14,15,16). The van der Waals surface area contributed by atoms with E-state index in [1.807, 2.05) is 6.08 Å². The second-order valence-corrected chi connectivity index (χ2v) is 5.17. The van der Waals surface area contributed by atoms with Crippen molar-refractivity contribution in [3.63, 3.8) is 0 Å². The van der Waals surface area contributed by atoms with Crippen LogP contribution in [0.15, 0.2) is 17.6 Å². The Labute approximate surface area is 113 Å². The Morgan fingerprint density at radius 2 is 2.28 bits per heavy atom. The highest BCUT2D eigenvalue weighted by atomic mass is 32.1. The van der Waals surface area contributed by atoms with Gasteiger partial charge in [0.1, 0.15) is 0 Å². The van der Waals surface area contributed by atoms with Crippen LogP contribution in [-0.4, -0.2) is 31.1 Å². The average Bonchev–Trinajstić information content (AvgIpc) is 2.74. The number of aromatic nitrogens is 1. The smallest absolute Gasteiger partial charge is 0.191 e. The van der Waals surface area contributed by atoms with Crippen LogP contribution in [0.1, 0.15) is 22.5 Å². The van der Waals surface area contributed by atoms with Crippen molar-refractivity contribution in [2.24, 2.45) is 4.99 Å². The molecule has 1 aromatic rings. The zero-order valence-corrected chi connectivity index (χ0v) is 12.2. The normalized spacial score (nSPS) is 11.4. The Bertz CT molecular complexity index is 409. The van der Waals surface area contributed by atoms with Gasteiger partial charge in [-0.1, -0.05) is 13.0 Å². The molecule has 18 heavy (non-hydrogen) atoms. The van der Waals surface area contributed by atoms with Gasteiger partial charge in [-0.15, -0.1) is 17.9 Å². The molecule has 0 radical (unpaired) electrons. The van der Waals surface area contributed by atoms with Crippen molar-refractivity contribution in [2.75, 3.05) is 20.1 Å². The molecule has 0 amide bonds. The van der Waals surface area contributed by atoms with Gasteiger partial charge < -0.3 is 10.6 Å². The Hall–Kier alpha value is -1.36. The maximum Gasteiger partial charge on any atom is 0.191 e. The predicted molar refractivity (Wildman–Crippen MR) is 79.5 cm³/mol. The molecule has 4 nitrogen and oxygen atoms in total. The average molecular weight is 266 g/mol. The Morgan fingerprint density at radius 1 is 1.50 bits per heavy atom. The zero-order chi connectivity index (χ0) is 13.4. The molecule has 0 aromatic carbocycles. The highest BCUT2D eigenvalue weighted by Crippen LogP contribution is 2.17. The summed E-state index contributed by atoms with van der Waals surface area (Å²) in [4.78, 5) is 10.1. The summed E-state index contributed by atoms with van der Waals surface area (Å²) in [6.45, 7) is 9.50. The van der Waals surface area contributed by atoms with Crippen molar-refractivity contribution in [2.45, 2.75) is 26.7 Å². The number of nitrogens with one attached hydrogen (secondary N) is 2. The predicted octanol–water partition coefficient (Wildman–Crippen LogP) is 1.91. The Kier molecular flexibility index (Phi) is 6.43. The van der Waals surface area contributed by atoms with E-state index < -0.39 is 0 Å². The second-order valence-electron chi connectivity index (χ2n) is 3.88. The third-order valence-corrected chi connectivity index (χ3v) is 3.61. The van der Waals surface area contributed by atoms with Crippen LogP contribution in [0.25, 0.3) is 0 Å². The van der Waals surface area contributed by atoms with Gasteiger partial charge in [-0.25, -0.2) is 4.98 Å². The van der Waals surface area contributed by atoms with Crippen LogP contribution in [0.2, 0.25) is 0 Å². The van der Waals surface area contributed by atoms with Crippen molar-refractivity contribution >= 4 is 17.3 Å². The van der Waals surface area contributed by atoms with Crippen LogP contribution < -0.4 is 10.6 Å². The lowest BCUT2D eigenvalue weighted by Crippen LogP contribution is -2.38. The van der Waals surface area contributed by atoms with Crippen LogP contribution in [0.3, 0.4) is 0 Å². The summed E-state index contributed by atoms with van der Waals surface area (Å²) in [6, 6.07) is 0. The summed E-state index contributed by atoms with van der Waals surface area (Å²) < 4.78 is 0. The summed E-state index contributed by atoms with van der Waals surface area (Å²) in [5, 5.41) is 7.58. The highest BCUT2D eigenvalue weighted by Gasteiger charge is 2.05. The van der Waals surface area contributed by atoms with E-state index in [9.17, 15) is 0 Å².